The monoisotopic (exact) mass is 382 g/mol. The van der Waals surface area contributed by atoms with E-state index in [4.69, 9.17) is 0 Å². The summed E-state index contributed by atoms with van der Waals surface area (Å²) in [5.74, 6) is -0.838. The van der Waals surface area contributed by atoms with Gasteiger partial charge in [0.2, 0.25) is 0 Å². The Balaban J connectivity index is 0.000000145. The largest absolute Gasteiger partial charge is 0.507 e. The number of carbonyl (C=O) groups excluding carboxylic acids is 4. The summed E-state index contributed by atoms with van der Waals surface area (Å²) < 4.78 is 0. The summed E-state index contributed by atoms with van der Waals surface area (Å²) in [6, 6.07) is 18.4. The molecule has 140 valence electrons. The van der Waals surface area contributed by atoms with Crippen LogP contribution in [0.3, 0.4) is 0 Å². The molecule has 0 fully saturated rings. The third kappa shape index (κ3) is 3.08. The topological polar surface area (TPSA) is 88.5 Å². The van der Waals surface area contributed by atoms with E-state index < -0.39 is 0 Å². The van der Waals surface area contributed by atoms with Crippen LogP contribution in [0.4, 0.5) is 0 Å². The molecule has 0 radical (unpaired) electrons. The molecule has 0 aliphatic heterocycles. The molecular weight excluding hydrogens is 368 g/mol. The van der Waals surface area contributed by atoms with Crippen LogP contribution in [0.5, 0.6) is 5.75 Å². The fourth-order valence-corrected chi connectivity index (χ4v) is 3.38. The lowest BCUT2D eigenvalue weighted by Crippen LogP contribution is -2.20. The molecule has 0 aromatic heterocycles. The summed E-state index contributed by atoms with van der Waals surface area (Å²) in [6.07, 6.45) is 2.38. The van der Waals surface area contributed by atoms with E-state index in [1.807, 2.05) is 0 Å². The van der Waals surface area contributed by atoms with Crippen molar-refractivity contribution < 1.29 is 24.3 Å². The average Bonchev–Trinajstić information content (AvgIpc) is 2.75. The molecule has 2 aliphatic carbocycles. The van der Waals surface area contributed by atoms with Gasteiger partial charge in [0.25, 0.3) is 0 Å². The van der Waals surface area contributed by atoms with Gasteiger partial charge in [0.1, 0.15) is 5.75 Å². The Morgan fingerprint density at radius 2 is 0.897 bits per heavy atom. The fraction of sp³-hybridized carbons (Fsp3) is 0. The SMILES string of the molecule is O=C1C=CC(=O)c2c(O)cccc21.O=C1c2ccccc2C(=O)c2ccccc21. The molecule has 0 amide bonds. The molecular formula is C24H14O5. The minimum Gasteiger partial charge on any atom is -0.507 e. The molecule has 29 heavy (non-hydrogen) atoms. The summed E-state index contributed by atoms with van der Waals surface area (Å²) in [5.41, 5.74) is 2.40. The molecule has 5 heteroatoms. The molecule has 5 rings (SSSR count). The zero-order valence-electron chi connectivity index (χ0n) is 15.1. The number of ketones is 4. The molecule has 2 aliphatic rings. The van der Waals surface area contributed by atoms with E-state index in [9.17, 15) is 24.3 Å². The third-order valence-corrected chi connectivity index (χ3v) is 4.77. The van der Waals surface area contributed by atoms with E-state index >= 15 is 0 Å². The van der Waals surface area contributed by atoms with Crippen LogP contribution in [0.15, 0.2) is 78.9 Å². The Morgan fingerprint density at radius 1 is 0.483 bits per heavy atom. The molecule has 0 saturated carbocycles. The van der Waals surface area contributed by atoms with Gasteiger partial charge in [-0.2, -0.15) is 0 Å². The van der Waals surface area contributed by atoms with Crippen LogP contribution in [0.2, 0.25) is 0 Å². The number of phenolic OH excluding ortho intramolecular Hbond substituents is 1. The molecule has 3 aromatic rings. The minimum absolute atomic E-state index is 0.0641. The highest BCUT2D eigenvalue weighted by molar-refractivity contribution is 6.28. The van der Waals surface area contributed by atoms with Gasteiger partial charge in [-0.1, -0.05) is 60.7 Å². The van der Waals surface area contributed by atoms with Gasteiger partial charge in [0.15, 0.2) is 23.1 Å². The van der Waals surface area contributed by atoms with E-state index in [1.165, 1.54) is 24.3 Å². The Hall–Kier alpha value is -4.12. The highest BCUT2D eigenvalue weighted by Crippen LogP contribution is 2.27. The van der Waals surface area contributed by atoms with Crippen molar-refractivity contribution in [1.82, 2.24) is 0 Å². The maximum absolute atomic E-state index is 12.1. The van der Waals surface area contributed by atoms with Crippen molar-refractivity contribution in [2.24, 2.45) is 0 Å². The number of hydrogen-bond donors (Lipinski definition) is 1. The minimum atomic E-state index is -0.326. The van der Waals surface area contributed by atoms with E-state index in [2.05, 4.69) is 0 Å². The normalized spacial score (nSPS) is 13.8. The average molecular weight is 382 g/mol. The second kappa shape index (κ2) is 7.13. The maximum Gasteiger partial charge on any atom is 0.194 e. The lowest BCUT2D eigenvalue weighted by atomic mass is 9.84. The second-order valence-electron chi connectivity index (χ2n) is 6.51. The first-order chi connectivity index (χ1) is 14.0. The maximum atomic E-state index is 12.1. The standard InChI is InChI=1S/C14H8O2.C10H6O3/c15-13-9-5-1-2-6-10(9)14(16)12-8-4-3-7-11(12)13;11-7-4-5-9(13)10-6(7)2-1-3-8(10)12/h1-8H;1-5,12H. The number of hydrogen-bond acceptors (Lipinski definition) is 5. The van der Waals surface area contributed by atoms with Gasteiger partial charge in [-0.15, -0.1) is 0 Å². The van der Waals surface area contributed by atoms with Gasteiger partial charge in [-0.3, -0.25) is 19.2 Å². The highest BCUT2D eigenvalue weighted by atomic mass is 16.3. The Morgan fingerprint density at radius 3 is 1.34 bits per heavy atom. The first kappa shape index (κ1) is 18.3. The van der Waals surface area contributed by atoms with Gasteiger partial charge >= 0.3 is 0 Å². The number of aromatic hydroxyl groups is 1. The lowest BCUT2D eigenvalue weighted by molar-refractivity contribution is 0.0979. The number of fused-ring (bicyclic) bond motifs is 3. The summed E-state index contributed by atoms with van der Waals surface area (Å²) in [7, 11) is 0. The Bertz CT molecular complexity index is 1130. The summed E-state index contributed by atoms with van der Waals surface area (Å²) in [5, 5.41) is 9.34. The van der Waals surface area contributed by atoms with Crippen LogP contribution in [-0.2, 0) is 0 Å². The van der Waals surface area contributed by atoms with Gasteiger partial charge in [-0.25, -0.2) is 0 Å². The predicted octanol–water partition coefficient (Wildman–Crippen LogP) is 3.79. The zero-order valence-corrected chi connectivity index (χ0v) is 15.1. The summed E-state index contributed by atoms with van der Waals surface area (Å²) >= 11 is 0. The second-order valence-corrected chi connectivity index (χ2v) is 6.51. The fourth-order valence-electron chi connectivity index (χ4n) is 3.38. The van der Waals surface area contributed by atoms with Crippen molar-refractivity contribution in [2.75, 3.05) is 0 Å². The van der Waals surface area contributed by atoms with E-state index in [-0.39, 0.29) is 40.0 Å². The summed E-state index contributed by atoms with van der Waals surface area (Å²) in [4.78, 5) is 46.7. The third-order valence-electron chi connectivity index (χ3n) is 4.77. The van der Waals surface area contributed by atoms with Crippen molar-refractivity contribution in [2.45, 2.75) is 0 Å². The van der Waals surface area contributed by atoms with Crippen LogP contribution >= 0.6 is 0 Å². The van der Waals surface area contributed by atoms with Crippen LogP contribution in [0.1, 0.15) is 52.6 Å². The first-order valence-electron chi connectivity index (χ1n) is 8.85. The van der Waals surface area contributed by atoms with E-state index in [1.54, 1.807) is 54.6 Å². The quantitative estimate of drug-likeness (QED) is 0.500. The molecule has 1 N–H and O–H groups in total. The van der Waals surface area contributed by atoms with Crippen molar-refractivity contribution in [3.63, 3.8) is 0 Å². The first-order valence-corrected chi connectivity index (χ1v) is 8.85. The number of benzene rings is 3. The van der Waals surface area contributed by atoms with Crippen LogP contribution in [0.25, 0.3) is 0 Å². The lowest BCUT2D eigenvalue weighted by Gasteiger charge is -2.16. The smallest absolute Gasteiger partial charge is 0.194 e. The van der Waals surface area contributed by atoms with Crippen molar-refractivity contribution in [1.29, 1.82) is 0 Å². The summed E-state index contributed by atoms with van der Waals surface area (Å²) in [6.45, 7) is 0. The van der Waals surface area contributed by atoms with Gasteiger partial charge < -0.3 is 5.11 Å². The van der Waals surface area contributed by atoms with E-state index in [0.29, 0.717) is 22.3 Å². The number of carbonyl (C=O) groups is 4. The molecule has 0 spiro atoms. The number of allylic oxidation sites excluding steroid dienone is 2. The van der Waals surface area contributed by atoms with Crippen LogP contribution in [0, 0.1) is 0 Å². The Kier molecular flexibility index (Phi) is 4.49. The van der Waals surface area contributed by atoms with Crippen molar-refractivity contribution >= 4 is 23.1 Å². The van der Waals surface area contributed by atoms with E-state index in [0.717, 1.165) is 0 Å². The number of phenols is 1. The molecule has 0 heterocycles. The Labute approximate surface area is 165 Å². The van der Waals surface area contributed by atoms with Crippen LogP contribution < -0.4 is 0 Å². The van der Waals surface area contributed by atoms with Gasteiger partial charge in [0, 0.05) is 27.8 Å². The predicted molar refractivity (Wildman–Crippen MR) is 106 cm³/mol. The van der Waals surface area contributed by atoms with Crippen molar-refractivity contribution in [3.05, 3.63) is 112 Å². The molecule has 5 nitrogen and oxygen atoms in total. The molecule has 0 atom stereocenters. The molecule has 0 bridgehead atoms. The van der Waals surface area contributed by atoms with Crippen LogP contribution in [-0.4, -0.2) is 28.2 Å². The van der Waals surface area contributed by atoms with Crippen molar-refractivity contribution in [3.8, 4) is 5.75 Å². The zero-order chi connectivity index (χ0) is 20.5. The number of rotatable bonds is 0. The van der Waals surface area contributed by atoms with Gasteiger partial charge in [0.05, 0.1) is 5.56 Å². The van der Waals surface area contributed by atoms with Gasteiger partial charge in [-0.05, 0) is 18.2 Å². The molecule has 0 unspecified atom stereocenters. The molecule has 0 saturated heterocycles. The highest BCUT2D eigenvalue weighted by Gasteiger charge is 2.28. The molecule has 3 aromatic carbocycles.